The van der Waals surface area contributed by atoms with Crippen LogP contribution in [0.15, 0.2) is 30.3 Å². The fourth-order valence-electron chi connectivity index (χ4n) is 1.12. The van der Waals surface area contributed by atoms with Crippen LogP contribution in [0, 0.1) is 0 Å². The Labute approximate surface area is 82.7 Å². The number of Topliss-reactive ketones (excluding diaryl/α,β-unsaturated/α-hetero) is 1. The minimum absolute atomic E-state index is 0.0157. The Balaban J connectivity index is 2.59. The van der Waals surface area contributed by atoms with E-state index in [1.165, 1.54) is 0 Å². The van der Waals surface area contributed by atoms with Crippen LogP contribution in [-0.2, 0) is 4.79 Å². The van der Waals surface area contributed by atoms with Crippen molar-refractivity contribution in [1.29, 1.82) is 0 Å². The number of ketones is 1. The normalized spacial score (nSPS) is 12.5. The minimum Gasteiger partial charge on any atom is -0.324 e. The standard InChI is InChI=1S/C10H12ClNO/c11-7-9(13)6-10(12)8-4-2-1-3-5-8/h1-5,10H,6-7,12H2. The van der Waals surface area contributed by atoms with Gasteiger partial charge in [0.05, 0.1) is 5.88 Å². The highest BCUT2D eigenvalue weighted by atomic mass is 35.5. The molecule has 1 unspecified atom stereocenters. The number of alkyl halides is 1. The molecule has 70 valence electrons. The van der Waals surface area contributed by atoms with Crippen molar-refractivity contribution in [3.63, 3.8) is 0 Å². The summed E-state index contributed by atoms with van der Waals surface area (Å²) in [6.45, 7) is 0. The van der Waals surface area contributed by atoms with Crippen LogP contribution in [0.1, 0.15) is 18.0 Å². The summed E-state index contributed by atoms with van der Waals surface area (Å²) in [5.74, 6) is 0.0265. The van der Waals surface area contributed by atoms with Gasteiger partial charge in [-0.3, -0.25) is 4.79 Å². The number of carbonyl (C=O) groups excluding carboxylic acids is 1. The van der Waals surface area contributed by atoms with Crippen LogP contribution in [0.25, 0.3) is 0 Å². The molecule has 0 saturated carbocycles. The van der Waals surface area contributed by atoms with Crippen LogP contribution >= 0.6 is 11.6 Å². The van der Waals surface area contributed by atoms with Gasteiger partial charge in [-0.1, -0.05) is 30.3 Å². The van der Waals surface area contributed by atoms with Crippen molar-refractivity contribution >= 4 is 17.4 Å². The summed E-state index contributed by atoms with van der Waals surface area (Å²) in [5, 5.41) is 0. The van der Waals surface area contributed by atoms with Crippen LogP contribution < -0.4 is 5.73 Å². The molecule has 0 radical (unpaired) electrons. The van der Waals surface area contributed by atoms with Gasteiger partial charge >= 0.3 is 0 Å². The first-order valence-corrected chi connectivity index (χ1v) is 4.65. The second-order valence-corrected chi connectivity index (χ2v) is 3.16. The lowest BCUT2D eigenvalue weighted by molar-refractivity contribution is -0.117. The molecule has 2 nitrogen and oxygen atoms in total. The molecule has 0 fully saturated rings. The minimum atomic E-state index is -0.229. The molecule has 0 spiro atoms. The zero-order valence-electron chi connectivity index (χ0n) is 7.24. The van der Waals surface area contributed by atoms with Crippen LogP contribution in [0.4, 0.5) is 0 Å². The molecule has 0 aliphatic carbocycles. The average Bonchev–Trinajstić information content (AvgIpc) is 2.19. The van der Waals surface area contributed by atoms with Gasteiger partial charge in [0.25, 0.3) is 0 Å². The number of benzene rings is 1. The van der Waals surface area contributed by atoms with E-state index in [0.29, 0.717) is 6.42 Å². The van der Waals surface area contributed by atoms with Crippen LogP contribution in [0.5, 0.6) is 0 Å². The Hall–Kier alpha value is -0.860. The quantitative estimate of drug-likeness (QED) is 0.750. The number of rotatable bonds is 4. The van der Waals surface area contributed by atoms with Crippen molar-refractivity contribution in [3.8, 4) is 0 Å². The maximum atomic E-state index is 11.0. The Morgan fingerprint density at radius 2 is 2.00 bits per heavy atom. The number of nitrogens with two attached hydrogens (primary N) is 1. The molecule has 0 saturated heterocycles. The number of hydrogen-bond donors (Lipinski definition) is 1. The van der Waals surface area contributed by atoms with Gasteiger partial charge < -0.3 is 5.73 Å². The summed E-state index contributed by atoms with van der Waals surface area (Å²) in [6, 6.07) is 9.31. The summed E-state index contributed by atoms with van der Waals surface area (Å²) < 4.78 is 0. The molecule has 1 aromatic rings. The van der Waals surface area contributed by atoms with Gasteiger partial charge in [0.15, 0.2) is 0 Å². The molecule has 0 heterocycles. The predicted octanol–water partition coefficient (Wildman–Crippen LogP) is 1.88. The molecule has 1 aromatic carbocycles. The molecule has 13 heavy (non-hydrogen) atoms. The largest absolute Gasteiger partial charge is 0.324 e. The van der Waals surface area contributed by atoms with Crippen LogP contribution in [0.2, 0.25) is 0 Å². The molecular weight excluding hydrogens is 186 g/mol. The van der Waals surface area contributed by atoms with Crippen LogP contribution in [-0.4, -0.2) is 11.7 Å². The fourth-order valence-corrected chi connectivity index (χ4v) is 1.23. The highest BCUT2D eigenvalue weighted by molar-refractivity contribution is 6.27. The van der Waals surface area contributed by atoms with Gasteiger partial charge in [0, 0.05) is 12.5 Å². The maximum absolute atomic E-state index is 11.0. The molecule has 2 N–H and O–H groups in total. The van der Waals surface area contributed by atoms with E-state index in [4.69, 9.17) is 17.3 Å². The molecule has 1 rings (SSSR count). The van der Waals surface area contributed by atoms with Crippen molar-refractivity contribution in [3.05, 3.63) is 35.9 Å². The highest BCUT2D eigenvalue weighted by Gasteiger charge is 2.09. The smallest absolute Gasteiger partial charge is 0.149 e. The monoisotopic (exact) mass is 197 g/mol. The van der Waals surface area contributed by atoms with Crippen molar-refractivity contribution < 1.29 is 4.79 Å². The number of hydrogen-bond acceptors (Lipinski definition) is 2. The van der Waals surface area contributed by atoms with E-state index in [2.05, 4.69) is 0 Å². The van der Waals surface area contributed by atoms with E-state index in [9.17, 15) is 4.79 Å². The van der Waals surface area contributed by atoms with Gasteiger partial charge in [0.1, 0.15) is 5.78 Å². The Kier molecular flexibility index (Phi) is 3.93. The molecule has 0 aliphatic rings. The van der Waals surface area contributed by atoms with Crippen LogP contribution in [0.3, 0.4) is 0 Å². The van der Waals surface area contributed by atoms with Gasteiger partial charge in [-0.15, -0.1) is 11.6 Å². The zero-order valence-corrected chi connectivity index (χ0v) is 8.00. The van der Waals surface area contributed by atoms with Gasteiger partial charge in [-0.05, 0) is 5.56 Å². The van der Waals surface area contributed by atoms with Gasteiger partial charge in [-0.2, -0.15) is 0 Å². The molecule has 0 aliphatic heterocycles. The molecule has 0 amide bonds. The lowest BCUT2D eigenvalue weighted by Crippen LogP contribution is -2.15. The average molecular weight is 198 g/mol. The summed E-state index contributed by atoms with van der Waals surface area (Å²) in [6.07, 6.45) is 0.313. The van der Waals surface area contributed by atoms with E-state index in [1.54, 1.807) is 0 Å². The lowest BCUT2D eigenvalue weighted by Gasteiger charge is -2.09. The third-order valence-electron chi connectivity index (χ3n) is 1.82. The number of halogens is 1. The first-order chi connectivity index (χ1) is 6.24. The van der Waals surface area contributed by atoms with E-state index >= 15 is 0 Å². The molecule has 3 heteroatoms. The van der Waals surface area contributed by atoms with E-state index in [1.807, 2.05) is 30.3 Å². The van der Waals surface area contributed by atoms with E-state index in [0.717, 1.165) is 5.56 Å². The molecular formula is C10H12ClNO. The van der Waals surface area contributed by atoms with Crippen molar-refractivity contribution in [2.24, 2.45) is 5.73 Å². The Morgan fingerprint density at radius 1 is 1.38 bits per heavy atom. The van der Waals surface area contributed by atoms with E-state index in [-0.39, 0.29) is 17.7 Å². The first kappa shape index (κ1) is 10.2. The Bertz CT molecular complexity index is 274. The summed E-state index contributed by atoms with van der Waals surface area (Å²) in [7, 11) is 0. The van der Waals surface area contributed by atoms with E-state index < -0.39 is 0 Å². The maximum Gasteiger partial charge on any atom is 0.149 e. The summed E-state index contributed by atoms with van der Waals surface area (Å²) in [5.41, 5.74) is 6.77. The Morgan fingerprint density at radius 3 is 2.54 bits per heavy atom. The van der Waals surface area contributed by atoms with Crippen molar-refractivity contribution in [2.45, 2.75) is 12.5 Å². The van der Waals surface area contributed by atoms with Gasteiger partial charge in [0.2, 0.25) is 0 Å². The molecule has 0 aromatic heterocycles. The molecule has 1 atom stereocenters. The molecule has 0 bridgehead atoms. The lowest BCUT2D eigenvalue weighted by atomic mass is 10.0. The van der Waals surface area contributed by atoms with Gasteiger partial charge in [-0.25, -0.2) is 0 Å². The van der Waals surface area contributed by atoms with Crippen molar-refractivity contribution in [1.82, 2.24) is 0 Å². The highest BCUT2D eigenvalue weighted by Crippen LogP contribution is 2.13. The summed E-state index contributed by atoms with van der Waals surface area (Å²) in [4.78, 5) is 11.0. The second-order valence-electron chi connectivity index (χ2n) is 2.89. The van der Waals surface area contributed by atoms with Crippen molar-refractivity contribution in [2.75, 3.05) is 5.88 Å². The predicted molar refractivity (Wildman–Crippen MR) is 53.7 cm³/mol. The zero-order chi connectivity index (χ0) is 9.68. The third kappa shape index (κ3) is 3.17. The SMILES string of the molecule is NC(CC(=O)CCl)c1ccccc1. The fraction of sp³-hybridized carbons (Fsp3) is 0.300. The summed E-state index contributed by atoms with van der Waals surface area (Å²) >= 11 is 5.38. The third-order valence-corrected chi connectivity index (χ3v) is 2.12. The number of carbonyl (C=O) groups is 1. The first-order valence-electron chi connectivity index (χ1n) is 4.12. The second kappa shape index (κ2) is 5.00. The topological polar surface area (TPSA) is 43.1 Å².